The minimum Gasteiger partial charge on any atom is -0.488 e. The Morgan fingerprint density at radius 1 is 0.969 bits per heavy atom. The van der Waals surface area contributed by atoms with Crippen molar-refractivity contribution < 1.29 is 23.8 Å². The Labute approximate surface area is 189 Å². The SMILES string of the molecule is CC(C)(C)Oc1ccc(C(=O)C2CC3COCC(C2)N3C(=O)OCc2ccccc2)cc1. The molecule has 2 saturated heterocycles. The fraction of sp³-hybridized carbons (Fsp3) is 0.462. The number of morpholine rings is 1. The molecule has 2 atom stereocenters. The van der Waals surface area contributed by atoms with E-state index < -0.39 is 0 Å². The summed E-state index contributed by atoms with van der Waals surface area (Å²) in [5.74, 6) is 0.721. The minimum atomic E-state index is -0.332. The molecular weight excluding hydrogens is 406 g/mol. The van der Waals surface area contributed by atoms with Gasteiger partial charge in [-0.3, -0.25) is 9.69 Å². The van der Waals surface area contributed by atoms with Crippen LogP contribution in [0.5, 0.6) is 5.75 Å². The van der Waals surface area contributed by atoms with E-state index in [0.717, 1.165) is 11.3 Å². The van der Waals surface area contributed by atoms with Gasteiger partial charge in [-0.2, -0.15) is 0 Å². The summed E-state index contributed by atoms with van der Waals surface area (Å²) in [6.45, 7) is 7.07. The summed E-state index contributed by atoms with van der Waals surface area (Å²) in [6, 6.07) is 16.7. The van der Waals surface area contributed by atoms with Crippen LogP contribution in [-0.2, 0) is 16.1 Å². The third-order valence-electron chi connectivity index (χ3n) is 5.87. The molecule has 2 aliphatic heterocycles. The van der Waals surface area contributed by atoms with Crippen LogP contribution in [0.25, 0.3) is 0 Å². The second-order valence-electron chi connectivity index (χ2n) is 9.56. The molecule has 6 heteroatoms. The number of hydrogen-bond acceptors (Lipinski definition) is 5. The lowest BCUT2D eigenvalue weighted by Gasteiger charge is -2.47. The molecule has 4 rings (SSSR count). The highest BCUT2D eigenvalue weighted by Crippen LogP contribution is 2.34. The number of amides is 1. The van der Waals surface area contributed by atoms with Gasteiger partial charge in [0.05, 0.1) is 25.3 Å². The first kappa shape index (κ1) is 22.3. The molecule has 1 amide bonds. The van der Waals surface area contributed by atoms with Crippen molar-refractivity contribution >= 4 is 11.9 Å². The summed E-state index contributed by atoms with van der Waals surface area (Å²) in [5.41, 5.74) is 1.34. The van der Waals surface area contributed by atoms with Gasteiger partial charge in [-0.25, -0.2) is 4.79 Å². The Kier molecular flexibility index (Phi) is 6.51. The van der Waals surface area contributed by atoms with Crippen molar-refractivity contribution in [1.82, 2.24) is 4.90 Å². The fourth-order valence-electron chi connectivity index (χ4n) is 4.50. The number of hydrogen-bond donors (Lipinski definition) is 0. The van der Waals surface area contributed by atoms with Crippen LogP contribution < -0.4 is 4.74 Å². The van der Waals surface area contributed by atoms with E-state index in [9.17, 15) is 9.59 Å². The second kappa shape index (κ2) is 9.33. The Morgan fingerprint density at radius 2 is 1.59 bits per heavy atom. The quantitative estimate of drug-likeness (QED) is 0.625. The standard InChI is InChI=1S/C26H31NO5/c1-26(2,3)32-23-11-9-19(10-12-23)24(28)20-13-21-16-30-17-22(14-20)27(21)25(29)31-15-18-7-5-4-6-8-18/h4-12,20-22H,13-17H2,1-3H3. The van der Waals surface area contributed by atoms with Crippen LogP contribution in [0.3, 0.4) is 0 Å². The first-order chi connectivity index (χ1) is 15.3. The van der Waals surface area contributed by atoms with Crippen molar-refractivity contribution in [3.05, 3.63) is 65.7 Å². The molecule has 2 bridgehead atoms. The highest BCUT2D eigenvalue weighted by atomic mass is 16.6. The number of ketones is 1. The van der Waals surface area contributed by atoms with Crippen molar-refractivity contribution in [3.63, 3.8) is 0 Å². The average molecular weight is 438 g/mol. The van der Waals surface area contributed by atoms with E-state index >= 15 is 0 Å². The lowest BCUT2D eigenvalue weighted by molar-refractivity contribution is -0.0755. The van der Waals surface area contributed by atoms with Gasteiger partial charge in [0.2, 0.25) is 0 Å². The summed E-state index contributed by atoms with van der Waals surface area (Å²) < 4.78 is 17.1. The maximum Gasteiger partial charge on any atom is 0.410 e. The summed E-state index contributed by atoms with van der Waals surface area (Å²) >= 11 is 0. The third-order valence-corrected chi connectivity index (χ3v) is 5.87. The molecule has 2 heterocycles. The predicted octanol–water partition coefficient (Wildman–Crippen LogP) is 4.86. The molecule has 32 heavy (non-hydrogen) atoms. The Balaban J connectivity index is 1.39. The van der Waals surface area contributed by atoms with Crippen molar-refractivity contribution in [3.8, 4) is 5.75 Å². The van der Waals surface area contributed by atoms with E-state index in [1.165, 1.54) is 0 Å². The number of piperidine rings is 1. The van der Waals surface area contributed by atoms with Gasteiger partial charge in [-0.1, -0.05) is 30.3 Å². The molecule has 170 valence electrons. The predicted molar refractivity (Wildman–Crippen MR) is 121 cm³/mol. The molecule has 0 saturated carbocycles. The number of nitrogens with zero attached hydrogens (tertiary/aromatic N) is 1. The van der Waals surface area contributed by atoms with Crippen LogP contribution in [0.4, 0.5) is 4.79 Å². The number of carbonyl (C=O) groups is 2. The number of benzene rings is 2. The minimum absolute atomic E-state index is 0.113. The van der Waals surface area contributed by atoms with E-state index in [2.05, 4.69) is 0 Å². The molecule has 0 aliphatic carbocycles. The van der Waals surface area contributed by atoms with Crippen molar-refractivity contribution in [2.75, 3.05) is 13.2 Å². The number of ether oxygens (including phenoxy) is 3. The topological polar surface area (TPSA) is 65.1 Å². The van der Waals surface area contributed by atoms with Gasteiger partial charge in [-0.15, -0.1) is 0 Å². The molecule has 0 spiro atoms. The summed E-state index contributed by atoms with van der Waals surface area (Å²) in [7, 11) is 0. The van der Waals surface area contributed by atoms with Gasteiger partial charge in [0.1, 0.15) is 18.0 Å². The number of rotatable bonds is 5. The van der Waals surface area contributed by atoms with Crippen LogP contribution in [0.1, 0.15) is 49.5 Å². The molecule has 2 unspecified atom stereocenters. The van der Waals surface area contributed by atoms with Crippen LogP contribution in [0.2, 0.25) is 0 Å². The molecule has 2 aromatic rings. The molecular formula is C26H31NO5. The van der Waals surface area contributed by atoms with Crippen molar-refractivity contribution in [2.45, 2.75) is 57.9 Å². The van der Waals surface area contributed by atoms with Crippen LogP contribution in [0, 0.1) is 5.92 Å². The summed E-state index contributed by atoms with van der Waals surface area (Å²) in [6.07, 6.45) is 0.827. The molecule has 6 nitrogen and oxygen atoms in total. The van der Waals surface area contributed by atoms with Gasteiger partial charge >= 0.3 is 6.09 Å². The van der Waals surface area contributed by atoms with Gasteiger partial charge in [0, 0.05) is 11.5 Å². The summed E-state index contributed by atoms with van der Waals surface area (Å²) in [4.78, 5) is 27.8. The number of fused-ring (bicyclic) bond motifs is 2. The largest absolute Gasteiger partial charge is 0.488 e. The molecule has 0 aromatic heterocycles. The van der Waals surface area contributed by atoms with Crippen LogP contribution in [0.15, 0.2) is 54.6 Å². The first-order valence-corrected chi connectivity index (χ1v) is 11.2. The summed E-state index contributed by atoms with van der Waals surface area (Å²) in [5, 5.41) is 0. The maximum atomic E-state index is 13.2. The molecule has 2 aromatic carbocycles. The monoisotopic (exact) mass is 437 g/mol. The lowest BCUT2D eigenvalue weighted by atomic mass is 9.81. The maximum absolute atomic E-state index is 13.2. The van der Waals surface area contributed by atoms with E-state index in [4.69, 9.17) is 14.2 Å². The zero-order valence-electron chi connectivity index (χ0n) is 19.0. The van der Waals surface area contributed by atoms with Crippen LogP contribution >= 0.6 is 0 Å². The van der Waals surface area contributed by atoms with E-state index in [1.807, 2.05) is 75.4 Å². The van der Waals surface area contributed by atoms with Crippen molar-refractivity contribution in [2.24, 2.45) is 5.92 Å². The molecule has 2 fully saturated rings. The average Bonchev–Trinajstić information content (AvgIpc) is 2.76. The van der Waals surface area contributed by atoms with Crippen molar-refractivity contribution in [1.29, 1.82) is 0 Å². The highest BCUT2D eigenvalue weighted by molar-refractivity contribution is 5.98. The Morgan fingerprint density at radius 3 is 2.19 bits per heavy atom. The Hall–Kier alpha value is -2.86. The van der Waals surface area contributed by atoms with E-state index in [-0.39, 0.29) is 42.1 Å². The molecule has 0 radical (unpaired) electrons. The zero-order valence-corrected chi connectivity index (χ0v) is 19.0. The first-order valence-electron chi connectivity index (χ1n) is 11.2. The zero-order chi connectivity index (χ0) is 22.7. The van der Waals surface area contributed by atoms with Gasteiger partial charge < -0.3 is 14.2 Å². The molecule has 0 N–H and O–H groups in total. The lowest BCUT2D eigenvalue weighted by Crippen LogP contribution is -2.59. The van der Waals surface area contributed by atoms with Gasteiger partial charge in [0.25, 0.3) is 0 Å². The van der Waals surface area contributed by atoms with E-state index in [1.54, 1.807) is 4.90 Å². The van der Waals surface area contributed by atoms with E-state index in [0.29, 0.717) is 31.6 Å². The number of Topliss-reactive ketones (excluding diaryl/α,β-unsaturated/α-hetero) is 1. The highest BCUT2D eigenvalue weighted by Gasteiger charge is 2.44. The normalized spacial score (nSPS) is 22.8. The third kappa shape index (κ3) is 5.30. The smallest absolute Gasteiger partial charge is 0.410 e. The fourth-order valence-corrected chi connectivity index (χ4v) is 4.50. The van der Waals surface area contributed by atoms with Gasteiger partial charge in [0.15, 0.2) is 5.78 Å². The van der Waals surface area contributed by atoms with Crippen LogP contribution in [-0.4, -0.2) is 47.7 Å². The molecule has 2 aliphatic rings. The number of carbonyl (C=O) groups excluding carboxylic acids is 2. The Bertz CT molecular complexity index is 921. The second-order valence-corrected chi connectivity index (χ2v) is 9.56. The van der Waals surface area contributed by atoms with Gasteiger partial charge in [-0.05, 0) is 63.4 Å².